The van der Waals surface area contributed by atoms with Gasteiger partial charge < -0.3 is 15.6 Å². The number of hydrogen-bond donors (Lipinski definition) is 3. The van der Waals surface area contributed by atoms with Crippen molar-refractivity contribution in [3.8, 4) is 17.1 Å². The largest absolute Gasteiger partial charge is 0.478 e. The Balaban J connectivity index is 1.69. The Labute approximate surface area is 248 Å². The van der Waals surface area contributed by atoms with Gasteiger partial charge in [0, 0.05) is 22.1 Å². The zero-order valence-electron chi connectivity index (χ0n) is 25.0. The molecule has 41 heavy (non-hydrogen) atoms. The molecule has 1 unspecified atom stereocenters. The number of rotatable bonds is 11. The Bertz CT molecular complexity index is 1350. The quantitative estimate of drug-likeness (QED) is 0.198. The van der Waals surface area contributed by atoms with Crippen molar-refractivity contribution in [3.63, 3.8) is 0 Å². The molecule has 1 aromatic heterocycles. The standard InChI is InChI=1S/C33H44N4O3S/c1-21-11-9-14-24(17-23-12-7-6-8-13-23)28(21)29-22(2)30(40-20-26(34)19-33(3,4)5)36-32(35-29)37-41-27-16-10-15-25(18-27)31(38)39/h9-11,14-16,18,23,26H,6-8,12-13,17,19-20,34H2,1-5H3,(H,38,39)(H,35,36,37). The van der Waals surface area contributed by atoms with E-state index in [1.807, 2.05) is 13.0 Å². The number of carboxylic acids is 1. The average molecular weight is 577 g/mol. The molecule has 4 N–H and O–H groups in total. The van der Waals surface area contributed by atoms with Crippen molar-refractivity contribution in [2.75, 3.05) is 11.3 Å². The zero-order chi connectivity index (χ0) is 29.6. The molecule has 0 radical (unpaired) electrons. The van der Waals surface area contributed by atoms with Gasteiger partial charge in [0.15, 0.2) is 0 Å². The third-order valence-corrected chi connectivity index (χ3v) is 8.35. The summed E-state index contributed by atoms with van der Waals surface area (Å²) < 4.78 is 9.52. The van der Waals surface area contributed by atoms with Crippen LogP contribution in [0, 0.1) is 25.2 Å². The number of nitrogens with two attached hydrogens (primary N) is 1. The Morgan fingerprint density at radius 2 is 1.85 bits per heavy atom. The molecule has 7 nitrogen and oxygen atoms in total. The van der Waals surface area contributed by atoms with Gasteiger partial charge in [0.25, 0.3) is 0 Å². The SMILES string of the molecule is Cc1cccc(CC2CCCCC2)c1-c1nc(NSc2cccc(C(=O)O)c2)nc(OCC(N)CC(C)(C)C)c1C. The zero-order valence-corrected chi connectivity index (χ0v) is 25.8. The highest BCUT2D eigenvalue weighted by atomic mass is 32.2. The predicted octanol–water partition coefficient (Wildman–Crippen LogP) is 7.84. The highest BCUT2D eigenvalue weighted by molar-refractivity contribution is 8.00. The monoisotopic (exact) mass is 576 g/mol. The lowest BCUT2D eigenvalue weighted by atomic mass is 9.82. The van der Waals surface area contributed by atoms with E-state index in [0.29, 0.717) is 24.4 Å². The molecule has 0 bridgehead atoms. The molecular weight excluding hydrogens is 532 g/mol. The van der Waals surface area contributed by atoms with Crippen LogP contribution in [0.25, 0.3) is 11.3 Å². The Hall–Kier alpha value is -3.10. The number of ether oxygens (including phenoxy) is 1. The van der Waals surface area contributed by atoms with Crippen molar-refractivity contribution in [3.05, 3.63) is 64.7 Å². The molecule has 1 fully saturated rings. The normalized spacial score (nSPS) is 15.0. The molecule has 8 heteroatoms. The predicted molar refractivity (Wildman–Crippen MR) is 168 cm³/mol. The van der Waals surface area contributed by atoms with Crippen molar-refractivity contribution in [2.45, 2.75) is 90.5 Å². The third-order valence-electron chi connectivity index (χ3n) is 7.58. The van der Waals surface area contributed by atoms with Gasteiger partial charge in [-0.2, -0.15) is 4.98 Å². The highest BCUT2D eigenvalue weighted by Crippen LogP contribution is 2.37. The molecule has 0 spiro atoms. The van der Waals surface area contributed by atoms with E-state index in [2.05, 4.69) is 50.6 Å². The van der Waals surface area contributed by atoms with Gasteiger partial charge in [0.2, 0.25) is 11.8 Å². The van der Waals surface area contributed by atoms with Crippen molar-refractivity contribution in [1.29, 1.82) is 0 Å². The van der Waals surface area contributed by atoms with E-state index in [4.69, 9.17) is 20.4 Å². The van der Waals surface area contributed by atoms with Gasteiger partial charge in [-0.05, 0) is 79.3 Å². The van der Waals surface area contributed by atoms with Crippen molar-refractivity contribution < 1.29 is 14.6 Å². The molecular formula is C33H44N4O3S. The second-order valence-corrected chi connectivity index (χ2v) is 13.4. The summed E-state index contributed by atoms with van der Waals surface area (Å²) in [6.07, 6.45) is 8.35. The molecule has 2 aromatic carbocycles. The van der Waals surface area contributed by atoms with E-state index in [0.717, 1.165) is 34.6 Å². The molecule has 3 aromatic rings. The van der Waals surface area contributed by atoms with Crippen LogP contribution >= 0.6 is 11.9 Å². The topological polar surface area (TPSA) is 110 Å². The first-order valence-electron chi connectivity index (χ1n) is 14.6. The second kappa shape index (κ2) is 13.7. The van der Waals surface area contributed by atoms with E-state index < -0.39 is 5.97 Å². The van der Waals surface area contributed by atoms with Crippen LogP contribution in [0.15, 0.2) is 47.4 Å². The fourth-order valence-electron chi connectivity index (χ4n) is 5.69. The summed E-state index contributed by atoms with van der Waals surface area (Å²) in [5.74, 6) is 0.636. The minimum Gasteiger partial charge on any atom is -0.478 e. The molecule has 1 atom stereocenters. The number of benzene rings is 2. The minimum absolute atomic E-state index is 0.0949. The van der Waals surface area contributed by atoms with E-state index in [-0.39, 0.29) is 17.0 Å². The van der Waals surface area contributed by atoms with Crippen molar-refractivity contribution >= 4 is 23.9 Å². The molecule has 1 aliphatic carbocycles. The maximum Gasteiger partial charge on any atom is 0.335 e. The fraction of sp³-hybridized carbons (Fsp3) is 0.485. The van der Waals surface area contributed by atoms with E-state index in [9.17, 15) is 9.90 Å². The van der Waals surface area contributed by atoms with Crippen LogP contribution in [0.2, 0.25) is 0 Å². The lowest BCUT2D eigenvalue weighted by Gasteiger charge is -2.25. The third kappa shape index (κ3) is 8.69. The average Bonchev–Trinajstić information content (AvgIpc) is 2.92. The van der Waals surface area contributed by atoms with E-state index in [1.165, 1.54) is 55.2 Å². The maximum absolute atomic E-state index is 11.5. The number of nitrogens with one attached hydrogen (secondary N) is 1. The van der Waals surface area contributed by atoms with Crippen LogP contribution in [-0.4, -0.2) is 33.7 Å². The summed E-state index contributed by atoms with van der Waals surface area (Å²) in [5.41, 5.74) is 12.1. The van der Waals surface area contributed by atoms with Gasteiger partial charge in [-0.3, -0.25) is 4.72 Å². The molecule has 1 heterocycles. The number of carboxylic acid groups (broad SMARTS) is 1. The van der Waals surface area contributed by atoms with Crippen LogP contribution < -0.4 is 15.2 Å². The molecule has 4 rings (SSSR count). The van der Waals surface area contributed by atoms with Crippen LogP contribution in [-0.2, 0) is 6.42 Å². The van der Waals surface area contributed by atoms with Gasteiger partial charge in [0.05, 0.1) is 11.3 Å². The molecule has 0 aliphatic heterocycles. The fourth-order valence-corrected chi connectivity index (χ4v) is 6.33. The number of aromatic nitrogens is 2. The Kier molecular flexibility index (Phi) is 10.3. The number of anilines is 1. The van der Waals surface area contributed by atoms with E-state index >= 15 is 0 Å². The maximum atomic E-state index is 11.5. The van der Waals surface area contributed by atoms with Crippen molar-refractivity contribution in [2.24, 2.45) is 17.1 Å². The Morgan fingerprint density at radius 1 is 1.12 bits per heavy atom. The number of nitrogens with zero attached hydrogens (tertiary/aromatic N) is 2. The van der Waals surface area contributed by atoms with Crippen LogP contribution in [0.5, 0.6) is 5.88 Å². The number of aryl methyl sites for hydroxylation is 1. The van der Waals surface area contributed by atoms with Gasteiger partial charge in [-0.25, -0.2) is 9.78 Å². The first kappa shape index (κ1) is 30.8. The summed E-state index contributed by atoms with van der Waals surface area (Å²) in [5, 5.41) is 9.39. The van der Waals surface area contributed by atoms with E-state index in [1.54, 1.807) is 18.2 Å². The Morgan fingerprint density at radius 3 is 2.56 bits per heavy atom. The van der Waals surface area contributed by atoms with Gasteiger partial charge in [-0.1, -0.05) is 77.1 Å². The summed E-state index contributed by atoms with van der Waals surface area (Å²) in [6, 6.07) is 13.2. The van der Waals surface area contributed by atoms with Crippen LogP contribution in [0.4, 0.5) is 5.95 Å². The minimum atomic E-state index is -0.964. The summed E-state index contributed by atoms with van der Waals surface area (Å²) in [4.78, 5) is 21.9. The van der Waals surface area contributed by atoms with Gasteiger partial charge in [-0.15, -0.1) is 0 Å². The number of aromatic carboxylic acids is 1. The first-order chi connectivity index (χ1) is 19.5. The second-order valence-electron chi connectivity index (χ2n) is 12.5. The smallest absolute Gasteiger partial charge is 0.335 e. The number of hydrogen-bond acceptors (Lipinski definition) is 7. The number of carbonyl (C=O) groups is 1. The van der Waals surface area contributed by atoms with Gasteiger partial charge in [0.1, 0.15) is 6.61 Å². The summed E-state index contributed by atoms with van der Waals surface area (Å²) in [6.45, 7) is 11.0. The summed E-state index contributed by atoms with van der Waals surface area (Å²) in [7, 11) is 0. The molecule has 0 amide bonds. The first-order valence-corrected chi connectivity index (χ1v) is 15.4. The lowest BCUT2D eigenvalue weighted by Crippen LogP contribution is -2.32. The molecule has 0 saturated heterocycles. The van der Waals surface area contributed by atoms with Crippen LogP contribution in [0.1, 0.15) is 86.3 Å². The molecule has 1 aliphatic rings. The van der Waals surface area contributed by atoms with Crippen LogP contribution in [0.3, 0.4) is 0 Å². The molecule has 220 valence electrons. The highest BCUT2D eigenvalue weighted by Gasteiger charge is 2.23. The lowest BCUT2D eigenvalue weighted by molar-refractivity contribution is 0.0696. The van der Waals surface area contributed by atoms with Crippen molar-refractivity contribution in [1.82, 2.24) is 9.97 Å². The molecule has 1 saturated carbocycles. The van der Waals surface area contributed by atoms with Gasteiger partial charge >= 0.3 is 5.97 Å². The summed E-state index contributed by atoms with van der Waals surface area (Å²) >= 11 is 1.27.